The minimum atomic E-state index is -0.340. The van der Waals surface area contributed by atoms with Crippen molar-refractivity contribution in [3.05, 3.63) is 60.2 Å². The van der Waals surface area contributed by atoms with Crippen molar-refractivity contribution in [1.29, 1.82) is 0 Å². The van der Waals surface area contributed by atoms with Crippen LogP contribution >= 0.6 is 62.5 Å². The normalized spacial score (nSPS) is 13.7. The first kappa shape index (κ1) is 20.0. The van der Waals surface area contributed by atoms with Crippen molar-refractivity contribution in [1.82, 2.24) is 4.98 Å². The predicted molar refractivity (Wildman–Crippen MR) is 113 cm³/mol. The first-order valence-electron chi connectivity index (χ1n) is 7.71. The summed E-state index contributed by atoms with van der Waals surface area (Å²) in [5, 5.41) is 3.14. The molecule has 0 spiro atoms. The van der Waals surface area contributed by atoms with Crippen molar-refractivity contribution in [3.63, 3.8) is 0 Å². The van der Waals surface area contributed by atoms with E-state index < -0.39 is 0 Å². The van der Waals surface area contributed by atoms with Crippen molar-refractivity contribution in [3.8, 4) is 0 Å². The molecule has 0 unspecified atom stereocenters. The Bertz CT molecular complexity index is 1090. The summed E-state index contributed by atoms with van der Waals surface area (Å²) in [7, 11) is 0. The summed E-state index contributed by atoms with van der Waals surface area (Å²) in [6.07, 6.45) is 1.27. The number of rotatable bonds is 4. The Morgan fingerprint density at radius 2 is 2.00 bits per heavy atom. The molecule has 2 aromatic rings. The zero-order chi connectivity index (χ0) is 19.0. The largest absolute Gasteiger partial charge is 0.348 e. The van der Waals surface area contributed by atoms with Crippen LogP contribution in [0.5, 0.6) is 0 Å². The third-order valence-corrected chi connectivity index (χ3v) is 6.83. The molecule has 8 heteroatoms. The smallest absolute Gasteiger partial charge is 0.202 e. The number of pyridine rings is 1. The Kier molecular flexibility index (Phi) is 6.25. The second kappa shape index (κ2) is 8.11. The van der Waals surface area contributed by atoms with Crippen LogP contribution in [0.1, 0.15) is 35.7 Å². The minimum absolute atomic E-state index is 0.118. The topological polar surface area (TPSA) is 49.9 Å². The molecule has 0 amide bonds. The highest BCUT2D eigenvalue weighted by atomic mass is 79.9. The molecule has 136 valence electrons. The number of benzene rings is 1. The monoisotopic (exact) mass is 491 g/mol. The number of H-pyrrole nitrogens is 1. The summed E-state index contributed by atoms with van der Waals surface area (Å²) in [5.74, 6) is 0.156. The number of halogens is 4. The van der Waals surface area contributed by atoms with Gasteiger partial charge >= 0.3 is 0 Å². The van der Waals surface area contributed by atoms with Gasteiger partial charge in [-0.1, -0.05) is 50.7 Å². The quantitative estimate of drug-likeness (QED) is 0.491. The van der Waals surface area contributed by atoms with E-state index in [1.54, 1.807) is 18.2 Å². The predicted octanol–water partition coefficient (Wildman–Crippen LogP) is 4.82. The summed E-state index contributed by atoms with van der Waals surface area (Å²) < 4.78 is 0.867. The second-order valence-electron chi connectivity index (χ2n) is 5.80. The first-order valence-corrected chi connectivity index (χ1v) is 10.6. The fourth-order valence-electron chi connectivity index (χ4n) is 2.74. The number of carbonyl (C=O) groups excluding carboxylic acids is 1. The van der Waals surface area contributed by atoms with Crippen LogP contribution in [0.25, 0.3) is 9.51 Å². The summed E-state index contributed by atoms with van der Waals surface area (Å²) in [6.45, 7) is 1.38. The summed E-state index contributed by atoms with van der Waals surface area (Å²) in [6, 6.07) is 5.21. The maximum Gasteiger partial charge on any atom is 0.202 e. The fourth-order valence-corrected chi connectivity index (χ4v) is 5.07. The van der Waals surface area contributed by atoms with Crippen molar-refractivity contribution >= 4 is 77.8 Å². The molecule has 0 aliphatic heterocycles. The van der Waals surface area contributed by atoms with E-state index in [2.05, 4.69) is 20.9 Å². The lowest BCUT2D eigenvalue weighted by Gasteiger charge is -2.13. The van der Waals surface area contributed by atoms with E-state index in [1.165, 1.54) is 18.7 Å². The molecule has 1 aromatic heterocycles. The number of aromatic amines is 1. The van der Waals surface area contributed by atoms with Gasteiger partial charge in [-0.3, -0.25) is 9.59 Å². The molecule has 0 saturated carbocycles. The molecular formula is C18H13BrCl3NO2S. The lowest BCUT2D eigenvalue weighted by atomic mass is 10.1. The summed E-state index contributed by atoms with van der Waals surface area (Å²) in [5.41, 5.74) is 0.602. The number of thioether (sulfide) groups is 1. The highest BCUT2D eigenvalue weighted by molar-refractivity contribution is 9.14. The van der Waals surface area contributed by atoms with Crippen LogP contribution in [-0.2, 0) is 5.75 Å². The lowest BCUT2D eigenvalue weighted by Crippen LogP contribution is -2.47. The maximum absolute atomic E-state index is 12.9. The van der Waals surface area contributed by atoms with Gasteiger partial charge < -0.3 is 4.98 Å². The molecular weight excluding hydrogens is 481 g/mol. The van der Waals surface area contributed by atoms with Crippen LogP contribution in [0.3, 0.4) is 0 Å². The Balaban J connectivity index is 2.15. The third kappa shape index (κ3) is 3.92. The first-order chi connectivity index (χ1) is 12.3. The summed E-state index contributed by atoms with van der Waals surface area (Å²) in [4.78, 5) is 28.3. The van der Waals surface area contributed by atoms with Crippen LogP contribution in [-0.4, -0.2) is 10.8 Å². The third-order valence-electron chi connectivity index (χ3n) is 4.01. The number of aromatic nitrogens is 1. The van der Waals surface area contributed by atoms with Crippen LogP contribution in [0.15, 0.2) is 28.0 Å². The van der Waals surface area contributed by atoms with E-state index in [0.717, 1.165) is 10.0 Å². The van der Waals surface area contributed by atoms with Gasteiger partial charge in [0.15, 0.2) is 5.78 Å². The number of carbonyl (C=O) groups is 1. The second-order valence-corrected chi connectivity index (χ2v) is 9.04. The molecule has 1 aromatic carbocycles. The SMILES string of the molecule is CC(=O)c1c(SCc2cc(Cl)ccc2Cl)[nH]c2c(c1=O)=C(Cl)CCC=2Br. The molecule has 1 N–H and O–H groups in total. The molecule has 0 radical (unpaired) electrons. The van der Waals surface area contributed by atoms with Crippen LogP contribution in [0.4, 0.5) is 0 Å². The lowest BCUT2D eigenvalue weighted by molar-refractivity contribution is 0.101. The van der Waals surface area contributed by atoms with Crippen molar-refractivity contribution in [2.24, 2.45) is 0 Å². The average Bonchev–Trinajstić information content (AvgIpc) is 2.58. The average molecular weight is 494 g/mol. The summed E-state index contributed by atoms with van der Waals surface area (Å²) >= 11 is 23.3. The molecule has 3 nitrogen and oxygen atoms in total. The maximum atomic E-state index is 12.9. The highest BCUT2D eigenvalue weighted by Gasteiger charge is 2.20. The number of hydrogen-bond donors (Lipinski definition) is 1. The Labute approximate surface area is 177 Å². The fraction of sp³-hybridized carbons (Fsp3) is 0.222. The zero-order valence-electron chi connectivity index (χ0n) is 13.6. The van der Waals surface area contributed by atoms with Gasteiger partial charge in [-0.25, -0.2) is 0 Å². The van der Waals surface area contributed by atoms with Crippen molar-refractivity contribution < 1.29 is 4.79 Å². The minimum Gasteiger partial charge on any atom is -0.348 e. The van der Waals surface area contributed by atoms with E-state index in [1.807, 2.05) is 0 Å². The van der Waals surface area contributed by atoms with Crippen molar-refractivity contribution in [2.75, 3.05) is 0 Å². The molecule has 26 heavy (non-hydrogen) atoms. The van der Waals surface area contributed by atoms with Crippen LogP contribution in [0, 0.1) is 0 Å². The van der Waals surface area contributed by atoms with E-state index in [9.17, 15) is 9.59 Å². The molecule has 3 rings (SSSR count). The molecule has 0 bridgehead atoms. The number of nitrogens with one attached hydrogen (secondary N) is 1. The molecule has 0 fully saturated rings. The van der Waals surface area contributed by atoms with E-state index >= 15 is 0 Å². The van der Waals surface area contributed by atoms with Gasteiger partial charge in [0.1, 0.15) is 0 Å². The number of fused-ring (bicyclic) bond motifs is 1. The molecule has 0 saturated heterocycles. The number of hydrogen-bond acceptors (Lipinski definition) is 3. The Morgan fingerprint density at radius 1 is 1.27 bits per heavy atom. The molecule has 1 aliphatic rings. The van der Waals surface area contributed by atoms with Gasteiger partial charge in [0.25, 0.3) is 0 Å². The van der Waals surface area contributed by atoms with Gasteiger partial charge in [0.05, 0.1) is 21.2 Å². The Hall–Kier alpha value is -0.720. The standard InChI is InChI=1S/C18H13BrCl3NO2S/c1-8(24)14-17(25)15-13(22)5-3-11(19)16(15)23-18(14)26-7-9-6-10(20)2-4-12(9)21/h2,4,6,23H,3,5,7H2,1H3. The van der Waals surface area contributed by atoms with E-state index in [0.29, 0.717) is 49.3 Å². The van der Waals surface area contributed by atoms with Gasteiger partial charge in [0, 0.05) is 25.3 Å². The van der Waals surface area contributed by atoms with E-state index in [-0.39, 0.29) is 16.8 Å². The molecule has 1 aliphatic carbocycles. The molecule has 1 heterocycles. The van der Waals surface area contributed by atoms with Gasteiger partial charge in [0.2, 0.25) is 5.43 Å². The van der Waals surface area contributed by atoms with Crippen LogP contribution in [0.2, 0.25) is 10.0 Å². The molecule has 0 atom stereocenters. The number of ketones is 1. The van der Waals surface area contributed by atoms with Gasteiger partial charge in [-0.15, -0.1) is 11.8 Å². The van der Waals surface area contributed by atoms with Crippen LogP contribution < -0.4 is 16.0 Å². The van der Waals surface area contributed by atoms with Crippen molar-refractivity contribution in [2.45, 2.75) is 30.5 Å². The van der Waals surface area contributed by atoms with Gasteiger partial charge in [-0.2, -0.15) is 0 Å². The van der Waals surface area contributed by atoms with E-state index in [4.69, 9.17) is 34.8 Å². The van der Waals surface area contributed by atoms with Gasteiger partial charge in [-0.05, 0) is 43.5 Å². The Morgan fingerprint density at radius 3 is 2.69 bits per heavy atom. The number of Topliss-reactive ketones (excluding diaryl/α,β-unsaturated/α-hetero) is 1. The zero-order valence-corrected chi connectivity index (χ0v) is 18.3. The highest BCUT2D eigenvalue weighted by Crippen LogP contribution is 2.29.